The van der Waals surface area contributed by atoms with Crippen molar-refractivity contribution in [2.24, 2.45) is 0 Å². The van der Waals surface area contributed by atoms with Gasteiger partial charge in [-0.2, -0.15) is 0 Å². The van der Waals surface area contributed by atoms with Crippen LogP contribution in [0.25, 0.3) is 0 Å². The van der Waals surface area contributed by atoms with Gasteiger partial charge in [-0.25, -0.2) is 4.79 Å². The van der Waals surface area contributed by atoms with E-state index in [9.17, 15) is 9.59 Å². The molecular weight excluding hydrogens is 380 g/mol. The molecule has 0 radical (unpaired) electrons. The van der Waals surface area contributed by atoms with E-state index >= 15 is 0 Å². The van der Waals surface area contributed by atoms with Crippen LogP contribution in [0.2, 0.25) is 0 Å². The molecule has 4 nitrogen and oxygen atoms in total. The number of carbonyl (C=O) groups excluding carboxylic acids is 2. The van der Waals surface area contributed by atoms with Gasteiger partial charge in [-0.1, -0.05) is 31.9 Å². The van der Waals surface area contributed by atoms with E-state index < -0.39 is 5.97 Å². The van der Waals surface area contributed by atoms with Crippen molar-refractivity contribution in [1.82, 2.24) is 0 Å². The number of benzene rings is 1. The molecule has 98 valence electrons. The monoisotopic (exact) mass is 386 g/mol. The van der Waals surface area contributed by atoms with E-state index in [1.807, 2.05) is 6.07 Å². The third-order valence-electron chi connectivity index (χ3n) is 2.39. The molecule has 0 unspecified atom stereocenters. The van der Waals surface area contributed by atoms with E-state index in [4.69, 9.17) is 4.42 Å². The minimum absolute atomic E-state index is 0.00281. The van der Waals surface area contributed by atoms with E-state index in [0.717, 1.165) is 4.47 Å². The van der Waals surface area contributed by atoms with Gasteiger partial charge in [0.05, 0.1) is 7.11 Å². The van der Waals surface area contributed by atoms with E-state index in [2.05, 4.69) is 36.6 Å². The molecule has 2 rings (SSSR count). The zero-order chi connectivity index (χ0) is 14.0. The predicted molar refractivity (Wildman–Crippen MR) is 75.3 cm³/mol. The van der Waals surface area contributed by atoms with E-state index in [-0.39, 0.29) is 17.3 Å². The summed E-state index contributed by atoms with van der Waals surface area (Å²) in [6.07, 6.45) is 0. The average Bonchev–Trinajstić information content (AvgIpc) is 2.89. The SMILES string of the molecule is COC(=O)c1ccc(C(=O)c2cc(Br)ccc2Br)o1. The molecular formula is C13H8Br2O4. The molecule has 0 spiro atoms. The minimum atomic E-state index is -0.618. The third kappa shape index (κ3) is 2.96. The van der Waals surface area contributed by atoms with Gasteiger partial charge in [0.1, 0.15) is 0 Å². The lowest BCUT2D eigenvalue weighted by molar-refractivity contribution is 0.0563. The fourth-order valence-electron chi connectivity index (χ4n) is 1.47. The molecule has 0 aliphatic heterocycles. The number of halogens is 2. The molecule has 0 amide bonds. The Morgan fingerprint density at radius 3 is 2.47 bits per heavy atom. The second kappa shape index (κ2) is 5.71. The summed E-state index contributed by atoms with van der Waals surface area (Å²) in [6.45, 7) is 0. The number of ketones is 1. The number of ether oxygens (including phenoxy) is 1. The number of rotatable bonds is 3. The first-order valence-corrected chi connectivity index (χ1v) is 6.79. The largest absolute Gasteiger partial charge is 0.463 e. The Kier molecular flexibility index (Phi) is 4.21. The smallest absolute Gasteiger partial charge is 0.373 e. The standard InChI is InChI=1S/C13H8Br2O4/c1-18-13(17)11-5-4-10(19-11)12(16)8-6-7(14)2-3-9(8)15/h2-6H,1H3. The molecule has 1 aromatic carbocycles. The van der Waals surface area contributed by atoms with Crippen LogP contribution >= 0.6 is 31.9 Å². The number of carbonyl (C=O) groups is 2. The van der Waals surface area contributed by atoms with Crippen LogP contribution < -0.4 is 0 Å². The number of methoxy groups -OCH3 is 1. The van der Waals surface area contributed by atoms with Gasteiger partial charge < -0.3 is 9.15 Å². The van der Waals surface area contributed by atoms with Gasteiger partial charge in [-0.15, -0.1) is 0 Å². The molecule has 0 bridgehead atoms. The van der Waals surface area contributed by atoms with Gasteiger partial charge in [-0.3, -0.25) is 4.79 Å². The van der Waals surface area contributed by atoms with Crippen molar-refractivity contribution in [3.8, 4) is 0 Å². The van der Waals surface area contributed by atoms with Gasteiger partial charge in [0.25, 0.3) is 0 Å². The maximum Gasteiger partial charge on any atom is 0.373 e. The van der Waals surface area contributed by atoms with Gasteiger partial charge in [0.15, 0.2) is 5.76 Å². The maximum absolute atomic E-state index is 12.2. The van der Waals surface area contributed by atoms with Gasteiger partial charge in [0, 0.05) is 14.5 Å². The fraction of sp³-hybridized carbons (Fsp3) is 0.0769. The van der Waals surface area contributed by atoms with Crippen molar-refractivity contribution in [3.63, 3.8) is 0 Å². The molecule has 0 saturated heterocycles. The van der Waals surface area contributed by atoms with Gasteiger partial charge in [-0.05, 0) is 30.3 Å². The summed E-state index contributed by atoms with van der Waals surface area (Å²) in [6, 6.07) is 8.09. The highest BCUT2D eigenvalue weighted by atomic mass is 79.9. The van der Waals surface area contributed by atoms with Crippen LogP contribution in [0.5, 0.6) is 0 Å². The molecule has 1 heterocycles. The summed E-state index contributed by atoms with van der Waals surface area (Å²) in [5.74, 6) is -0.855. The Labute approximate surface area is 126 Å². The Hall–Kier alpha value is -1.40. The van der Waals surface area contributed by atoms with Crippen LogP contribution in [0.3, 0.4) is 0 Å². The van der Waals surface area contributed by atoms with E-state index in [0.29, 0.717) is 10.0 Å². The van der Waals surface area contributed by atoms with Crippen LogP contribution in [0.1, 0.15) is 26.7 Å². The lowest BCUT2D eigenvalue weighted by Gasteiger charge is -2.02. The van der Waals surface area contributed by atoms with Crippen LogP contribution in [0, 0.1) is 0 Å². The summed E-state index contributed by atoms with van der Waals surface area (Å²) >= 11 is 6.60. The van der Waals surface area contributed by atoms with E-state index in [1.165, 1.54) is 19.2 Å². The lowest BCUT2D eigenvalue weighted by atomic mass is 10.1. The zero-order valence-electron chi connectivity index (χ0n) is 9.78. The van der Waals surface area contributed by atoms with Gasteiger partial charge >= 0.3 is 5.97 Å². The van der Waals surface area contributed by atoms with Crippen LogP contribution in [-0.4, -0.2) is 18.9 Å². The van der Waals surface area contributed by atoms with Crippen molar-refractivity contribution in [3.05, 3.63) is 56.4 Å². The molecule has 19 heavy (non-hydrogen) atoms. The third-order valence-corrected chi connectivity index (χ3v) is 3.57. The number of hydrogen-bond acceptors (Lipinski definition) is 4. The first kappa shape index (κ1) is 14.0. The highest BCUT2D eigenvalue weighted by molar-refractivity contribution is 9.11. The molecule has 0 fully saturated rings. The Bertz CT molecular complexity index is 646. The van der Waals surface area contributed by atoms with Crippen LogP contribution in [-0.2, 0) is 4.74 Å². The van der Waals surface area contributed by atoms with Crippen molar-refractivity contribution < 1.29 is 18.7 Å². The van der Waals surface area contributed by atoms with Crippen LogP contribution in [0.4, 0.5) is 0 Å². The normalized spacial score (nSPS) is 10.3. The van der Waals surface area contributed by atoms with E-state index in [1.54, 1.807) is 12.1 Å². The summed E-state index contributed by atoms with van der Waals surface area (Å²) in [4.78, 5) is 23.5. The molecule has 0 saturated carbocycles. The van der Waals surface area contributed by atoms with Crippen LogP contribution in [0.15, 0.2) is 43.7 Å². The number of esters is 1. The molecule has 0 aliphatic carbocycles. The minimum Gasteiger partial charge on any atom is -0.463 e. The topological polar surface area (TPSA) is 56.5 Å². The van der Waals surface area contributed by atoms with Crippen molar-refractivity contribution in [1.29, 1.82) is 0 Å². The van der Waals surface area contributed by atoms with Crippen molar-refractivity contribution in [2.75, 3.05) is 7.11 Å². The quantitative estimate of drug-likeness (QED) is 0.593. The first-order valence-electron chi connectivity index (χ1n) is 5.21. The maximum atomic E-state index is 12.2. The van der Waals surface area contributed by atoms with Crippen molar-refractivity contribution >= 4 is 43.6 Å². The Morgan fingerprint density at radius 2 is 1.79 bits per heavy atom. The summed E-state index contributed by atoms with van der Waals surface area (Å²) in [5, 5.41) is 0. The molecule has 0 N–H and O–H groups in total. The highest BCUT2D eigenvalue weighted by Crippen LogP contribution is 2.24. The average molecular weight is 388 g/mol. The number of furan rings is 1. The predicted octanol–water partition coefficient (Wildman–Crippen LogP) is 3.82. The zero-order valence-corrected chi connectivity index (χ0v) is 12.9. The Morgan fingerprint density at radius 1 is 1.11 bits per heavy atom. The molecule has 2 aromatic rings. The highest BCUT2D eigenvalue weighted by Gasteiger charge is 2.19. The van der Waals surface area contributed by atoms with Crippen molar-refractivity contribution in [2.45, 2.75) is 0 Å². The molecule has 1 aromatic heterocycles. The molecule has 0 aliphatic rings. The summed E-state index contributed by atoms with van der Waals surface area (Å²) in [7, 11) is 1.25. The summed E-state index contributed by atoms with van der Waals surface area (Å²) in [5.41, 5.74) is 0.445. The molecule has 0 atom stereocenters. The summed E-state index contributed by atoms with van der Waals surface area (Å²) < 4.78 is 11.1. The Balaban J connectivity index is 2.36. The lowest BCUT2D eigenvalue weighted by Crippen LogP contribution is -2.02. The second-order valence-electron chi connectivity index (χ2n) is 3.61. The molecule has 6 heteroatoms. The first-order chi connectivity index (χ1) is 9.02. The number of hydrogen-bond donors (Lipinski definition) is 0. The fourth-order valence-corrected chi connectivity index (χ4v) is 2.26. The second-order valence-corrected chi connectivity index (χ2v) is 5.38. The van der Waals surface area contributed by atoms with Gasteiger partial charge in [0.2, 0.25) is 11.5 Å².